The number of nitrogens with zero attached hydrogens (tertiary/aromatic N) is 2. The fraction of sp³-hybridized carbons (Fsp3) is 0.0625. The molecule has 13 rings (SSSR count). The summed E-state index contributed by atoms with van der Waals surface area (Å²) in [5, 5.41) is 2.42. The van der Waals surface area contributed by atoms with Crippen LogP contribution in [-0.2, 0) is 10.8 Å². The first kappa shape index (κ1) is 38.3. The summed E-state index contributed by atoms with van der Waals surface area (Å²) < 4.78 is 2.47. The minimum atomic E-state index is -0.504. The van der Waals surface area contributed by atoms with Gasteiger partial charge in [0.05, 0.1) is 16.4 Å². The van der Waals surface area contributed by atoms with E-state index >= 15 is 0 Å². The zero-order valence-electron chi connectivity index (χ0n) is 37.0. The van der Waals surface area contributed by atoms with Crippen molar-refractivity contribution in [1.82, 2.24) is 4.57 Å². The second-order valence-electron chi connectivity index (χ2n) is 18.5. The largest absolute Gasteiger partial charge is 0.310 e. The summed E-state index contributed by atoms with van der Waals surface area (Å²) in [5.74, 6) is 0. The van der Waals surface area contributed by atoms with Gasteiger partial charge in [-0.2, -0.15) is 0 Å². The molecular formula is C64H46N2. The van der Waals surface area contributed by atoms with Crippen molar-refractivity contribution in [1.29, 1.82) is 0 Å². The third-order valence-electron chi connectivity index (χ3n) is 14.7. The number of hydrogen-bond donors (Lipinski definition) is 0. The lowest BCUT2D eigenvalue weighted by Crippen LogP contribution is -2.28. The number of benzene rings is 10. The van der Waals surface area contributed by atoms with Crippen LogP contribution in [0, 0.1) is 0 Å². The van der Waals surface area contributed by atoms with Gasteiger partial charge in [0.2, 0.25) is 0 Å². The second-order valence-corrected chi connectivity index (χ2v) is 18.5. The van der Waals surface area contributed by atoms with Crippen molar-refractivity contribution in [3.8, 4) is 39.1 Å². The Morgan fingerprint density at radius 1 is 0.333 bits per heavy atom. The first-order valence-corrected chi connectivity index (χ1v) is 23.1. The molecule has 2 aliphatic rings. The molecule has 0 fully saturated rings. The number of hydrogen-bond acceptors (Lipinski definition) is 1. The predicted octanol–water partition coefficient (Wildman–Crippen LogP) is 16.6. The van der Waals surface area contributed by atoms with E-state index in [0.717, 1.165) is 22.7 Å². The van der Waals surface area contributed by atoms with Gasteiger partial charge in [0.1, 0.15) is 0 Å². The zero-order valence-corrected chi connectivity index (χ0v) is 37.0. The highest BCUT2D eigenvalue weighted by molar-refractivity contribution is 6.11. The van der Waals surface area contributed by atoms with Gasteiger partial charge in [0.25, 0.3) is 0 Å². The molecule has 1 heterocycles. The van der Waals surface area contributed by atoms with Crippen LogP contribution in [0.3, 0.4) is 0 Å². The van der Waals surface area contributed by atoms with Crippen LogP contribution < -0.4 is 4.90 Å². The first-order valence-electron chi connectivity index (χ1n) is 23.1. The monoisotopic (exact) mass is 842 g/mol. The summed E-state index contributed by atoms with van der Waals surface area (Å²) in [6.45, 7) is 4.73. The summed E-state index contributed by atoms with van der Waals surface area (Å²) in [6, 6.07) is 90.0. The molecule has 0 N–H and O–H groups in total. The van der Waals surface area contributed by atoms with Crippen molar-refractivity contribution in [2.45, 2.75) is 24.7 Å². The minimum Gasteiger partial charge on any atom is -0.310 e. The Labute approximate surface area is 386 Å². The minimum absolute atomic E-state index is 0.132. The SMILES string of the molecule is CC1(C)c2ccccc2-c2ccc(N(c3ccc(-c4ccccc4)cc3)c3ccc4c(c3)c3ccc(C5(c6ccccc6)c6ccccc6-c6ccccc65)cc3n4-c3ccccc3)cc21. The maximum Gasteiger partial charge on any atom is 0.0714 e. The highest BCUT2D eigenvalue weighted by Crippen LogP contribution is 2.57. The molecule has 0 radical (unpaired) electrons. The number of anilines is 3. The molecule has 0 bridgehead atoms. The topological polar surface area (TPSA) is 8.17 Å². The molecule has 0 aliphatic heterocycles. The number of para-hydroxylation sites is 1. The molecule has 2 nitrogen and oxygen atoms in total. The van der Waals surface area contributed by atoms with Crippen molar-refractivity contribution in [2.24, 2.45) is 0 Å². The van der Waals surface area contributed by atoms with Gasteiger partial charge in [0, 0.05) is 38.9 Å². The molecule has 0 saturated heterocycles. The van der Waals surface area contributed by atoms with Crippen LogP contribution in [0.2, 0.25) is 0 Å². The molecule has 2 heteroatoms. The van der Waals surface area contributed by atoms with Gasteiger partial charge in [-0.25, -0.2) is 0 Å². The number of aromatic nitrogens is 1. The molecule has 11 aromatic rings. The quantitative estimate of drug-likeness (QED) is 0.155. The Kier molecular flexibility index (Phi) is 8.51. The second kappa shape index (κ2) is 14.7. The number of rotatable bonds is 7. The predicted molar refractivity (Wildman–Crippen MR) is 276 cm³/mol. The third-order valence-corrected chi connectivity index (χ3v) is 14.7. The molecular weight excluding hydrogens is 797 g/mol. The van der Waals surface area contributed by atoms with Crippen LogP contribution in [0.5, 0.6) is 0 Å². The van der Waals surface area contributed by atoms with E-state index in [9.17, 15) is 0 Å². The standard InChI is InChI=1S/C64H46N2/c1-63(2)57-27-15-12-24-51(57)54-38-35-50(42-60(54)63)65(48-33-30-44(31-34-48)43-18-6-3-7-19-43)49-36-39-61-56(41-49)55-37-32-46(40-62(55)66(61)47-22-10-5-11-23-47)64(45-20-8-4-9-21-45)58-28-16-13-25-52(58)53-26-14-17-29-59(53)64/h3-42H,1-2H3. The van der Waals surface area contributed by atoms with E-state index < -0.39 is 5.41 Å². The van der Waals surface area contributed by atoms with Gasteiger partial charge in [-0.05, 0) is 127 Å². The average Bonchev–Trinajstić information content (AvgIpc) is 3.95. The van der Waals surface area contributed by atoms with Crippen LogP contribution in [0.25, 0.3) is 60.9 Å². The Morgan fingerprint density at radius 2 is 0.848 bits per heavy atom. The van der Waals surface area contributed by atoms with E-state index in [4.69, 9.17) is 0 Å². The van der Waals surface area contributed by atoms with Crippen molar-refractivity contribution < 1.29 is 0 Å². The van der Waals surface area contributed by atoms with Crippen LogP contribution in [0.4, 0.5) is 17.1 Å². The Bertz CT molecular complexity index is 3610. The van der Waals surface area contributed by atoms with Gasteiger partial charge in [0.15, 0.2) is 0 Å². The zero-order chi connectivity index (χ0) is 44.0. The fourth-order valence-corrected chi connectivity index (χ4v) is 11.7. The van der Waals surface area contributed by atoms with Gasteiger partial charge in [-0.3, -0.25) is 0 Å². The Balaban J connectivity index is 1.04. The van der Waals surface area contributed by atoms with E-state index in [2.05, 4.69) is 266 Å². The van der Waals surface area contributed by atoms with Gasteiger partial charge in [-0.15, -0.1) is 0 Å². The van der Waals surface area contributed by atoms with E-state index in [0.29, 0.717) is 0 Å². The van der Waals surface area contributed by atoms with Gasteiger partial charge in [-0.1, -0.05) is 196 Å². The summed E-state index contributed by atoms with van der Waals surface area (Å²) in [6.07, 6.45) is 0. The molecule has 2 aliphatic carbocycles. The summed E-state index contributed by atoms with van der Waals surface area (Å²) in [5.41, 5.74) is 21.7. The molecule has 10 aromatic carbocycles. The molecule has 66 heavy (non-hydrogen) atoms. The van der Waals surface area contributed by atoms with E-state index in [-0.39, 0.29) is 5.41 Å². The van der Waals surface area contributed by atoms with E-state index in [1.54, 1.807) is 0 Å². The summed E-state index contributed by atoms with van der Waals surface area (Å²) in [7, 11) is 0. The van der Waals surface area contributed by atoms with Crippen LogP contribution >= 0.6 is 0 Å². The molecule has 1 aromatic heterocycles. The molecule has 0 amide bonds. The molecule has 0 saturated carbocycles. The molecule has 0 atom stereocenters. The van der Waals surface area contributed by atoms with Crippen LogP contribution in [0.15, 0.2) is 243 Å². The molecule has 0 unspecified atom stereocenters. The smallest absolute Gasteiger partial charge is 0.0714 e. The third kappa shape index (κ3) is 5.55. The normalized spacial score (nSPS) is 13.8. The van der Waals surface area contributed by atoms with Crippen molar-refractivity contribution in [2.75, 3.05) is 4.90 Å². The van der Waals surface area contributed by atoms with Crippen LogP contribution in [-0.4, -0.2) is 4.57 Å². The van der Waals surface area contributed by atoms with Crippen LogP contribution in [0.1, 0.15) is 47.2 Å². The first-order chi connectivity index (χ1) is 32.5. The Hall–Kier alpha value is -8.20. The number of fused-ring (bicyclic) bond motifs is 9. The molecule has 312 valence electrons. The highest BCUT2D eigenvalue weighted by Gasteiger charge is 2.46. The van der Waals surface area contributed by atoms with Crippen molar-refractivity contribution in [3.05, 3.63) is 276 Å². The highest BCUT2D eigenvalue weighted by atomic mass is 15.1. The van der Waals surface area contributed by atoms with Gasteiger partial charge >= 0.3 is 0 Å². The van der Waals surface area contributed by atoms with E-state index in [1.165, 1.54) is 88.6 Å². The fourth-order valence-electron chi connectivity index (χ4n) is 11.7. The van der Waals surface area contributed by atoms with Crippen molar-refractivity contribution >= 4 is 38.9 Å². The maximum absolute atomic E-state index is 2.48. The summed E-state index contributed by atoms with van der Waals surface area (Å²) in [4.78, 5) is 2.45. The Morgan fingerprint density at radius 3 is 1.53 bits per heavy atom. The average molecular weight is 843 g/mol. The van der Waals surface area contributed by atoms with E-state index in [1.807, 2.05) is 0 Å². The maximum atomic E-state index is 2.48. The van der Waals surface area contributed by atoms with Gasteiger partial charge < -0.3 is 9.47 Å². The lowest BCUT2D eigenvalue weighted by Gasteiger charge is -2.34. The summed E-state index contributed by atoms with van der Waals surface area (Å²) >= 11 is 0. The molecule has 0 spiro atoms. The van der Waals surface area contributed by atoms with Crippen molar-refractivity contribution in [3.63, 3.8) is 0 Å². The lowest BCUT2D eigenvalue weighted by molar-refractivity contribution is 0.660. The lowest BCUT2D eigenvalue weighted by atomic mass is 9.67.